The molecule has 0 atom stereocenters. The Bertz CT molecular complexity index is 824. The minimum absolute atomic E-state index is 0.435. The predicted molar refractivity (Wildman–Crippen MR) is 96.8 cm³/mol. The van der Waals surface area contributed by atoms with E-state index in [0.29, 0.717) is 11.2 Å². The van der Waals surface area contributed by atoms with Gasteiger partial charge >= 0.3 is 0 Å². The van der Waals surface area contributed by atoms with Crippen LogP contribution in [0, 0.1) is 5.41 Å². The minimum Gasteiger partial charge on any atom is -0.384 e. The quantitative estimate of drug-likeness (QED) is 0.749. The molecule has 1 aliphatic heterocycles. The summed E-state index contributed by atoms with van der Waals surface area (Å²) in [5, 5.41) is 7.07. The maximum Gasteiger partial charge on any atom is 0.126 e. The standard InChI is InChI=1S/C17H21N5S/c1-17(2)4-7-22(8-5-17)13-10-15(18)20-12-9-14(23-16(12)13)11-3-6-19-21-11/h3,6,9-10H,4-5,7-8H2,1-2H3,(H2,18,20)(H,19,21). The molecule has 4 rings (SSSR count). The fraction of sp³-hybridized carbons (Fsp3) is 0.412. The van der Waals surface area contributed by atoms with Crippen molar-refractivity contribution < 1.29 is 0 Å². The van der Waals surface area contributed by atoms with Crippen LogP contribution in [0.5, 0.6) is 0 Å². The second-order valence-corrected chi connectivity index (χ2v) is 8.07. The van der Waals surface area contributed by atoms with Crippen molar-refractivity contribution in [3.8, 4) is 10.6 Å². The first-order valence-corrected chi connectivity index (χ1v) is 8.78. The van der Waals surface area contributed by atoms with Crippen LogP contribution in [0.3, 0.4) is 0 Å². The molecule has 3 N–H and O–H groups in total. The van der Waals surface area contributed by atoms with Crippen LogP contribution in [0.2, 0.25) is 0 Å². The maximum absolute atomic E-state index is 6.06. The smallest absolute Gasteiger partial charge is 0.126 e. The Morgan fingerprint density at radius 1 is 1.26 bits per heavy atom. The lowest BCUT2D eigenvalue weighted by Crippen LogP contribution is -2.37. The molecule has 0 saturated carbocycles. The number of nitrogen functional groups attached to an aromatic ring is 1. The first kappa shape index (κ1) is 14.5. The fourth-order valence-corrected chi connectivity index (χ4v) is 4.25. The van der Waals surface area contributed by atoms with Crippen LogP contribution in [0.1, 0.15) is 26.7 Å². The lowest BCUT2D eigenvalue weighted by molar-refractivity contribution is 0.280. The highest BCUT2D eigenvalue weighted by molar-refractivity contribution is 7.22. The molecule has 1 saturated heterocycles. The first-order valence-electron chi connectivity index (χ1n) is 7.97. The topological polar surface area (TPSA) is 70.8 Å². The van der Waals surface area contributed by atoms with Gasteiger partial charge in [-0.2, -0.15) is 5.10 Å². The average molecular weight is 327 g/mol. The number of piperidine rings is 1. The molecular formula is C17H21N5S. The van der Waals surface area contributed by atoms with Crippen molar-refractivity contribution in [3.05, 3.63) is 24.4 Å². The van der Waals surface area contributed by atoms with E-state index in [1.165, 1.54) is 23.2 Å². The van der Waals surface area contributed by atoms with Gasteiger partial charge in [-0.3, -0.25) is 5.10 Å². The van der Waals surface area contributed by atoms with Gasteiger partial charge in [-0.25, -0.2) is 4.98 Å². The molecule has 0 unspecified atom stereocenters. The highest BCUT2D eigenvalue weighted by Crippen LogP contribution is 2.40. The molecule has 5 nitrogen and oxygen atoms in total. The Labute approximate surface area is 139 Å². The molecule has 0 aliphatic carbocycles. The van der Waals surface area contributed by atoms with Crippen molar-refractivity contribution >= 4 is 33.1 Å². The summed E-state index contributed by atoms with van der Waals surface area (Å²) in [4.78, 5) is 8.12. The largest absolute Gasteiger partial charge is 0.384 e. The summed E-state index contributed by atoms with van der Waals surface area (Å²) in [6.07, 6.45) is 4.18. The molecular weight excluding hydrogens is 306 g/mol. The molecule has 23 heavy (non-hydrogen) atoms. The second-order valence-electron chi connectivity index (χ2n) is 7.01. The minimum atomic E-state index is 0.435. The molecule has 0 spiro atoms. The van der Waals surface area contributed by atoms with E-state index in [-0.39, 0.29) is 0 Å². The van der Waals surface area contributed by atoms with E-state index >= 15 is 0 Å². The van der Waals surface area contributed by atoms with Crippen LogP contribution in [0.4, 0.5) is 11.5 Å². The van der Waals surface area contributed by atoms with Crippen LogP contribution >= 0.6 is 11.3 Å². The number of fused-ring (bicyclic) bond motifs is 1. The van der Waals surface area contributed by atoms with Gasteiger partial charge in [0.1, 0.15) is 5.82 Å². The Kier molecular flexibility index (Phi) is 3.30. The molecule has 0 aromatic carbocycles. The summed E-state index contributed by atoms with van der Waals surface area (Å²) in [6, 6.07) is 6.10. The molecule has 0 bridgehead atoms. The number of hydrogen-bond acceptors (Lipinski definition) is 5. The molecule has 0 amide bonds. The number of anilines is 2. The number of H-pyrrole nitrogens is 1. The zero-order chi connectivity index (χ0) is 16.0. The van der Waals surface area contributed by atoms with Crippen molar-refractivity contribution in [2.24, 2.45) is 5.41 Å². The molecule has 120 valence electrons. The van der Waals surface area contributed by atoms with Crippen LogP contribution in [-0.2, 0) is 0 Å². The maximum atomic E-state index is 6.06. The summed E-state index contributed by atoms with van der Waals surface area (Å²) >= 11 is 1.75. The van der Waals surface area contributed by atoms with Gasteiger partial charge in [0.05, 0.1) is 26.5 Å². The van der Waals surface area contributed by atoms with Crippen molar-refractivity contribution in [1.82, 2.24) is 15.2 Å². The second kappa shape index (κ2) is 5.23. The van der Waals surface area contributed by atoms with Crippen molar-refractivity contribution in [2.75, 3.05) is 23.7 Å². The third-order valence-corrected chi connectivity index (χ3v) is 5.88. The lowest BCUT2D eigenvalue weighted by Gasteiger charge is -2.38. The summed E-state index contributed by atoms with van der Waals surface area (Å²) in [5.74, 6) is 0.589. The van der Waals surface area contributed by atoms with Crippen molar-refractivity contribution in [2.45, 2.75) is 26.7 Å². The zero-order valence-corrected chi connectivity index (χ0v) is 14.3. The zero-order valence-electron chi connectivity index (χ0n) is 13.5. The Morgan fingerprint density at radius 2 is 2.04 bits per heavy atom. The summed E-state index contributed by atoms with van der Waals surface area (Å²) in [6.45, 7) is 6.84. The van der Waals surface area contributed by atoms with Gasteiger partial charge in [-0.1, -0.05) is 13.8 Å². The van der Waals surface area contributed by atoms with Crippen LogP contribution in [-0.4, -0.2) is 28.3 Å². The number of nitrogens with zero attached hydrogens (tertiary/aromatic N) is 3. The van der Waals surface area contributed by atoms with E-state index in [9.17, 15) is 0 Å². The van der Waals surface area contributed by atoms with E-state index in [0.717, 1.165) is 29.2 Å². The number of nitrogens with one attached hydrogen (secondary N) is 1. The Hall–Kier alpha value is -2.08. The van der Waals surface area contributed by atoms with Crippen LogP contribution < -0.4 is 10.6 Å². The van der Waals surface area contributed by atoms with Crippen molar-refractivity contribution in [3.63, 3.8) is 0 Å². The van der Waals surface area contributed by atoms with Crippen molar-refractivity contribution in [1.29, 1.82) is 0 Å². The van der Waals surface area contributed by atoms with Crippen LogP contribution in [0.25, 0.3) is 20.8 Å². The number of nitrogens with two attached hydrogens (primary N) is 1. The van der Waals surface area contributed by atoms with Gasteiger partial charge in [0, 0.05) is 25.4 Å². The van der Waals surface area contributed by atoms with E-state index < -0.39 is 0 Å². The normalized spacial score (nSPS) is 17.7. The molecule has 1 aliphatic rings. The third kappa shape index (κ3) is 2.67. The van der Waals surface area contributed by atoms with Gasteiger partial charge in [-0.05, 0) is 30.4 Å². The van der Waals surface area contributed by atoms with Crippen LogP contribution in [0.15, 0.2) is 24.4 Å². The number of hydrogen-bond donors (Lipinski definition) is 2. The fourth-order valence-electron chi connectivity index (χ4n) is 3.14. The number of pyridine rings is 1. The first-order chi connectivity index (χ1) is 11.0. The SMILES string of the molecule is CC1(C)CCN(c2cc(N)nc3cc(-c4ccn[nH]4)sc23)CC1. The van der Waals surface area contributed by atoms with Gasteiger partial charge in [-0.15, -0.1) is 11.3 Å². The van der Waals surface area contributed by atoms with Gasteiger partial charge in [0.25, 0.3) is 0 Å². The average Bonchev–Trinajstić information content (AvgIpc) is 3.15. The van der Waals surface area contributed by atoms with Gasteiger partial charge in [0.15, 0.2) is 0 Å². The molecule has 3 aromatic rings. The highest BCUT2D eigenvalue weighted by atomic mass is 32.1. The van der Waals surface area contributed by atoms with E-state index in [4.69, 9.17) is 5.73 Å². The summed E-state index contributed by atoms with van der Waals surface area (Å²) in [7, 11) is 0. The lowest BCUT2D eigenvalue weighted by atomic mass is 9.82. The van der Waals surface area contributed by atoms with Gasteiger partial charge < -0.3 is 10.6 Å². The Morgan fingerprint density at radius 3 is 2.74 bits per heavy atom. The number of rotatable bonds is 2. The molecule has 0 radical (unpaired) electrons. The predicted octanol–water partition coefficient (Wildman–Crippen LogP) is 3.90. The molecule has 6 heteroatoms. The Balaban J connectivity index is 1.77. The number of aromatic nitrogens is 3. The van der Waals surface area contributed by atoms with E-state index in [2.05, 4.69) is 40.0 Å². The molecule has 3 aromatic heterocycles. The molecule has 1 fully saturated rings. The summed E-state index contributed by atoms with van der Waals surface area (Å²) in [5.41, 5.74) is 9.71. The number of thiophene rings is 1. The number of aromatic amines is 1. The highest BCUT2D eigenvalue weighted by Gasteiger charge is 2.27. The summed E-state index contributed by atoms with van der Waals surface area (Å²) < 4.78 is 1.21. The third-order valence-electron chi connectivity index (χ3n) is 4.70. The molecule has 4 heterocycles. The van der Waals surface area contributed by atoms with Gasteiger partial charge in [0.2, 0.25) is 0 Å². The monoisotopic (exact) mass is 327 g/mol. The van der Waals surface area contributed by atoms with E-state index in [1.807, 2.05) is 12.1 Å². The van der Waals surface area contributed by atoms with E-state index in [1.54, 1.807) is 17.5 Å².